The molecule has 0 aliphatic carbocycles. The molecule has 26 heavy (non-hydrogen) atoms. The first-order chi connectivity index (χ1) is 12.6. The first-order valence-electron chi connectivity index (χ1n) is 8.63. The average Bonchev–Trinajstić information content (AvgIpc) is 3.31. The Morgan fingerprint density at radius 2 is 2.08 bits per heavy atom. The van der Waals surface area contributed by atoms with E-state index in [1.165, 1.54) is 6.20 Å². The second-order valence-electron chi connectivity index (χ2n) is 6.65. The van der Waals surface area contributed by atoms with Gasteiger partial charge in [-0.1, -0.05) is 0 Å². The molecule has 0 bridgehead atoms. The maximum atomic E-state index is 12.6. The number of hydrogen-bond donors (Lipinski definition) is 0. The number of rotatable bonds is 3. The third-order valence-corrected chi connectivity index (χ3v) is 4.69. The molecule has 7 heteroatoms. The quantitative estimate of drug-likeness (QED) is 0.725. The van der Waals surface area contributed by atoms with Gasteiger partial charge in [0.05, 0.1) is 12.4 Å². The highest BCUT2D eigenvalue weighted by atomic mass is 16.2. The van der Waals surface area contributed by atoms with Gasteiger partial charge >= 0.3 is 0 Å². The van der Waals surface area contributed by atoms with Gasteiger partial charge in [-0.15, -0.1) is 0 Å². The standard InChI is InChI=1S/C19H20N6O/c1-13-7-15(16-9-22-24(2)11-16)8-17(23-13)14-3-6-25(12-14)19(26)18-10-20-4-5-21-18/h4-5,7-11,14H,3,6,12H2,1-2H3/t14-/m1/s1. The number of amides is 1. The highest BCUT2D eigenvalue weighted by Gasteiger charge is 2.29. The summed E-state index contributed by atoms with van der Waals surface area (Å²) in [4.78, 5) is 27.2. The van der Waals surface area contributed by atoms with E-state index in [0.29, 0.717) is 18.8 Å². The molecule has 7 nitrogen and oxygen atoms in total. The van der Waals surface area contributed by atoms with Crippen molar-refractivity contribution in [2.24, 2.45) is 7.05 Å². The number of carbonyl (C=O) groups is 1. The SMILES string of the molecule is Cc1cc(-c2cnn(C)c2)cc([C@@H]2CCN(C(=O)c3cnccn3)C2)n1. The summed E-state index contributed by atoms with van der Waals surface area (Å²) in [7, 11) is 1.91. The molecule has 0 N–H and O–H groups in total. The maximum Gasteiger partial charge on any atom is 0.274 e. The van der Waals surface area contributed by atoms with Crippen LogP contribution in [0, 0.1) is 6.92 Å². The van der Waals surface area contributed by atoms with Gasteiger partial charge in [0.1, 0.15) is 5.69 Å². The predicted molar refractivity (Wildman–Crippen MR) is 96.5 cm³/mol. The van der Waals surface area contributed by atoms with Crippen LogP contribution in [-0.4, -0.2) is 48.6 Å². The van der Waals surface area contributed by atoms with E-state index < -0.39 is 0 Å². The van der Waals surface area contributed by atoms with E-state index in [-0.39, 0.29) is 11.8 Å². The first-order valence-corrected chi connectivity index (χ1v) is 8.63. The van der Waals surface area contributed by atoms with Crippen molar-refractivity contribution in [3.8, 4) is 11.1 Å². The molecule has 4 heterocycles. The van der Waals surface area contributed by atoms with E-state index >= 15 is 0 Å². The number of pyridine rings is 1. The third-order valence-electron chi connectivity index (χ3n) is 4.69. The van der Waals surface area contributed by atoms with Crippen LogP contribution in [-0.2, 0) is 7.05 Å². The fourth-order valence-electron chi connectivity index (χ4n) is 3.40. The Morgan fingerprint density at radius 1 is 1.19 bits per heavy atom. The Bertz CT molecular complexity index is 936. The lowest BCUT2D eigenvalue weighted by atomic mass is 10.00. The minimum absolute atomic E-state index is 0.0688. The van der Waals surface area contributed by atoms with Crippen LogP contribution in [0.4, 0.5) is 0 Å². The number of likely N-dealkylation sites (tertiary alicyclic amines) is 1. The molecule has 1 fully saturated rings. The van der Waals surface area contributed by atoms with Crippen molar-refractivity contribution in [3.05, 3.63) is 60.2 Å². The third kappa shape index (κ3) is 3.20. The molecule has 1 amide bonds. The molecule has 0 unspecified atom stereocenters. The number of hydrogen-bond acceptors (Lipinski definition) is 5. The summed E-state index contributed by atoms with van der Waals surface area (Å²) in [6, 6.07) is 4.18. The lowest BCUT2D eigenvalue weighted by Gasteiger charge is -2.16. The highest BCUT2D eigenvalue weighted by molar-refractivity contribution is 5.92. The van der Waals surface area contributed by atoms with Gasteiger partial charge in [0, 0.05) is 61.6 Å². The van der Waals surface area contributed by atoms with E-state index in [9.17, 15) is 4.79 Å². The van der Waals surface area contributed by atoms with E-state index in [4.69, 9.17) is 4.98 Å². The molecule has 0 spiro atoms. The molecule has 0 aromatic carbocycles. The molecule has 1 saturated heterocycles. The predicted octanol–water partition coefficient (Wildman–Crippen LogP) is 2.21. The van der Waals surface area contributed by atoms with Gasteiger partial charge in [0.25, 0.3) is 5.91 Å². The van der Waals surface area contributed by atoms with Crippen molar-refractivity contribution >= 4 is 5.91 Å². The van der Waals surface area contributed by atoms with E-state index in [0.717, 1.165) is 28.9 Å². The Labute approximate surface area is 151 Å². The Hall–Kier alpha value is -3.09. The fraction of sp³-hybridized carbons (Fsp3) is 0.316. The van der Waals surface area contributed by atoms with E-state index in [2.05, 4.69) is 27.2 Å². The fourth-order valence-corrected chi connectivity index (χ4v) is 3.40. The zero-order valence-electron chi connectivity index (χ0n) is 14.8. The van der Waals surface area contributed by atoms with E-state index in [1.54, 1.807) is 17.1 Å². The smallest absolute Gasteiger partial charge is 0.274 e. The van der Waals surface area contributed by atoms with E-state index in [1.807, 2.05) is 31.3 Å². The van der Waals surface area contributed by atoms with Crippen molar-refractivity contribution in [1.82, 2.24) is 29.6 Å². The molecule has 4 rings (SSSR count). The van der Waals surface area contributed by atoms with Crippen molar-refractivity contribution in [2.45, 2.75) is 19.3 Å². The Balaban J connectivity index is 1.55. The van der Waals surface area contributed by atoms with Crippen molar-refractivity contribution in [3.63, 3.8) is 0 Å². The van der Waals surface area contributed by atoms with Crippen LogP contribution in [0.5, 0.6) is 0 Å². The second-order valence-corrected chi connectivity index (χ2v) is 6.65. The monoisotopic (exact) mass is 348 g/mol. The largest absolute Gasteiger partial charge is 0.337 e. The van der Waals surface area contributed by atoms with Gasteiger partial charge in [0.2, 0.25) is 0 Å². The summed E-state index contributed by atoms with van der Waals surface area (Å²) >= 11 is 0. The average molecular weight is 348 g/mol. The number of nitrogens with zero attached hydrogens (tertiary/aromatic N) is 6. The summed E-state index contributed by atoms with van der Waals surface area (Å²) in [6.45, 7) is 3.36. The van der Waals surface area contributed by atoms with Gasteiger partial charge in [-0.25, -0.2) is 4.98 Å². The van der Waals surface area contributed by atoms with Crippen LogP contribution in [0.15, 0.2) is 43.1 Å². The van der Waals surface area contributed by atoms with Crippen LogP contribution >= 0.6 is 0 Å². The Kier molecular flexibility index (Phi) is 4.20. The van der Waals surface area contributed by atoms with Crippen molar-refractivity contribution in [2.75, 3.05) is 13.1 Å². The van der Waals surface area contributed by atoms with Crippen LogP contribution < -0.4 is 0 Å². The molecular weight excluding hydrogens is 328 g/mol. The molecule has 1 aliphatic rings. The lowest BCUT2D eigenvalue weighted by Crippen LogP contribution is -2.29. The van der Waals surface area contributed by atoms with Gasteiger partial charge in [-0.3, -0.25) is 19.4 Å². The Morgan fingerprint density at radius 3 is 2.81 bits per heavy atom. The zero-order valence-corrected chi connectivity index (χ0v) is 14.8. The van der Waals surface area contributed by atoms with Crippen molar-refractivity contribution in [1.29, 1.82) is 0 Å². The van der Waals surface area contributed by atoms with Gasteiger partial charge in [-0.2, -0.15) is 5.10 Å². The summed E-state index contributed by atoms with van der Waals surface area (Å²) in [6.07, 6.45) is 9.38. The number of carbonyl (C=O) groups excluding carboxylic acids is 1. The molecule has 132 valence electrons. The molecule has 3 aromatic rings. The summed E-state index contributed by atoms with van der Waals surface area (Å²) in [5, 5.41) is 4.25. The summed E-state index contributed by atoms with van der Waals surface area (Å²) < 4.78 is 1.79. The van der Waals surface area contributed by atoms with Crippen LogP contribution in [0.25, 0.3) is 11.1 Å². The van der Waals surface area contributed by atoms with Crippen LogP contribution in [0.3, 0.4) is 0 Å². The zero-order chi connectivity index (χ0) is 18.1. The molecule has 1 atom stereocenters. The number of aryl methyl sites for hydroxylation is 2. The lowest BCUT2D eigenvalue weighted by molar-refractivity contribution is 0.0784. The molecule has 3 aromatic heterocycles. The summed E-state index contributed by atoms with van der Waals surface area (Å²) in [5.41, 5.74) is 4.57. The van der Waals surface area contributed by atoms with Crippen LogP contribution in [0.2, 0.25) is 0 Å². The minimum Gasteiger partial charge on any atom is -0.337 e. The van der Waals surface area contributed by atoms with Gasteiger partial charge in [-0.05, 0) is 31.0 Å². The molecule has 0 radical (unpaired) electrons. The van der Waals surface area contributed by atoms with Crippen LogP contribution in [0.1, 0.15) is 34.2 Å². The minimum atomic E-state index is -0.0688. The second kappa shape index (κ2) is 6.67. The maximum absolute atomic E-state index is 12.6. The highest BCUT2D eigenvalue weighted by Crippen LogP contribution is 2.30. The topological polar surface area (TPSA) is 76.8 Å². The van der Waals surface area contributed by atoms with Gasteiger partial charge in [0.15, 0.2) is 0 Å². The van der Waals surface area contributed by atoms with Gasteiger partial charge < -0.3 is 4.90 Å². The molecular formula is C19H20N6O. The molecule has 1 aliphatic heterocycles. The van der Waals surface area contributed by atoms with Crippen molar-refractivity contribution < 1.29 is 4.79 Å². The number of aromatic nitrogens is 5. The normalized spacial score (nSPS) is 16.8. The summed E-state index contributed by atoms with van der Waals surface area (Å²) in [5.74, 6) is 0.159. The first kappa shape index (κ1) is 16.4. The molecule has 0 saturated carbocycles.